The predicted octanol–water partition coefficient (Wildman–Crippen LogP) is 4.35. The Morgan fingerprint density at radius 2 is 1.79 bits per heavy atom. The number of rotatable bonds is 3. The molecule has 2 aromatic carbocycles. The van der Waals surface area contributed by atoms with Crippen molar-refractivity contribution in [3.05, 3.63) is 57.7 Å². The molecule has 0 radical (unpaired) electrons. The second-order valence-corrected chi connectivity index (χ2v) is 10.3. The maximum atomic E-state index is 13.4. The number of nitrogens with zero attached hydrogens (tertiary/aromatic N) is 3. The van der Waals surface area contributed by atoms with Crippen molar-refractivity contribution < 1.29 is 8.42 Å². The van der Waals surface area contributed by atoms with Crippen molar-refractivity contribution in [1.29, 1.82) is 0 Å². The zero-order valence-corrected chi connectivity index (χ0v) is 18.9. The van der Waals surface area contributed by atoms with Crippen LogP contribution >= 0.6 is 27.5 Å². The minimum atomic E-state index is -3.77. The van der Waals surface area contributed by atoms with Gasteiger partial charge < -0.3 is 9.80 Å². The Morgan fingerprint density at radius 1 is 1.07 bits per heavy atom. The lowest BCUT2D eigenvalue weighted by atomic mass is 10.1. The number of fused-ring (bicyclic) bond motifs is 1. The Hall–Kier alpha value is -1.54. The fraction of sp³-hybridized carbons (Fsp3) is 0.300. The maximum Gasteiger partial charge on any atom is 0.268 e. The number of benzene rings is 2. The molecule has 0 spiro atoms. The number of hydrogen-bond donors (Lipinski definition) is 0. The molecule has 0 amide bonds. The molecule has 0 unspecified atom stereocenters. The number of piperazine rings is 1. The van der Waals surface area contributed by atoms with Gasteiger partial charge in [0.15, 0.2) is 0 Å². The van der Waals surface area contributed by atoms with Crippen molar-refractivity contribution in [2.24, 2.45) is 0 Å². The van der Waals surface area contributed by atoms with Gasteiger partial charge in [-0.05, 0) is 49.9 Å². The van der Waals surface area contributed by atoms with Gasteiger partial charge in [0.1, 0.15) is 0 Å². The molecule has 28 heavy (non-hydrogen) atoms. The van der Waals surface area contributed by atoms with E-state index in [0.717, 1.165) is 47.3 Å². The minimum Gasteiger partial charge on any atom is -0.367 e. The van der Waals surface area contributed by atoms with Gasteiger partial charge in [-0.3, -0.25) is 0 Å². The lowest BCUT2D eigenvalue weighted by molar-refractivity contribution is 0.313. The standard InChI is InChI=1S/C20H21BrClN3O2S/c1-14-10-19-17(12-18(14)21)20(24-8-6-23(2)7-9-24)13-25(19)28(26,27)16-5-3-4-15(22)11-16/h3-5,10-13H,6-9H2,1-2H3. The molecule has 3 aromatic rings. The van der Waals surface area contributed by atoms with E-state index >= 15 is 0 Å². The van der Waals surface area contributed by atoms with Crippen molar-refractivity contribution in [1.82, 2.24) is 8.87 Å². The highest BCUT2D eigenvalue weighted by Crippen LogP contribution is 2.36. The SMILES string of the molecule is Cc1cc2c(cc1Br)c(N1CCN(C)CC1)cn2S(=O)(=O)c1cccc(Cl)c1. The van der Waals surface area contributed by atoms with Crippen LogP contribution in [0.2, 0.25) is 5.02 Å². The molecule has 2 heterocycles. The maximum absolute atomic E-state index is 13.4. The summed E-state index contributed by atoms with van der Waals surface area (Å²) in [4.78, 5) is 4.72. The van der Waals surface area contributed by atoms with Gasteiger partial charge in [0, 0.05) is 47.3 Å². The molecular weight excluding hydrogens is 462 g/mol. The summed E-state index contributed by atoms with van der Waals surface area (Å²) >= 11 is 9.65. The number of aromatic nitrogens is 1. The van der Waals surface area contributed by atoms with Crippen LogP contribution in [0.1, 0.15) is 5.56 Å². The van der Waals surface area contributed by atoms with Crippen LogP contribution in [-0.2, 0) is 10.0 Å². The minimum absolute atomic E-state index is 0.183. The molecule has 1 aromatic heterocycles. The van der Waals surface area contributed by atoms with Gasteiger partial charge >= 0.3 is 0 Å². The molecule has 1 aliphatic heterocycles. The number of likely N-dealkylation sites (N-methyl/N-ethyl adjacent to an activating group) is 1. The zero-order valence-electron chi connectivity index (χ0n) is 15.7. The summed E-state index contributed by atoms with van der Waals surface area (Å²) in [7, 11) is -1.67. The molecule has 148 valence electrons. The molecule has 4 rings (SSSR count). The monoisotopic (exact) mass is 481 g/mol. The van der Waals surface area contributed by atoms with E-state index in [-0.39, 0.29) is 4.90 Å². The average molecular weight is 483 g/mol. The van der Waals surface area contributed by atoms with Crippen LogP contribution in [0.3, 0.4) is 0 Å². The molecular formula is C20H21BrClN3O2S. The van der Waals surface area contributed by atoms with Crippen LogP contribution in [0.15, 0.2) is 52.0 Å². The van der Waals surface area contributed by atoms with E-state index in [9.17, 15) is 8.42 Å². The van der Waals surface area contributed by atoms with E-state index in [1.165, 1.54) is 10.0 Å². The van der Waals surface area contributed by atoms with E-state index in [4.69, 9.17) is 11.6 Å². The highest BCUT2D eigenvalue weighted by molar-refractivity contribution is 9.10. The quantitative estimate of drug-likeness (QED) is 0.557. The van der Waals surface area contributed by atoms with Crippen molar-refractivity contribution in [3.63, 3.8) is 0 Å². The Balaban J connectivity index is 1.92. The van der Waals surface area contributed by atoms with Gasteiger partial charge in [-0.15, -0.1) is 0 Å². The van der Waals surface area contributed by atoms with Crippen molar-refractivity contribution in [2.45, 2.75) is 11.8 Å². The first kappa shape index (κ1) is 19.8. The van der Waals surface area contributed by atoms with Crippen LogP contribution in [0.5, 0.6) is 0 Å². The molecule has 0 bridgehead atoms. The van der Waals surface area contributed by atoms with E-state index in [1.807, 2.05) is 19.1 Å². The summed E-state index contributed by atoms with van der Waals surface area (Å²) in [5.74, 6) is 0. The largest absolute Gasteiger partial charge is 0.367 e. The molecule has 1 saturated heterocycles. The molecule has 8 heteroatoms. The first-order chi connectivity index (χ1) is 13.3. The number of hydrogen-bond acceptors (Lipinski definition) is 4. The van der Waals surface area contributed by atoms with Gasteiger partial charge in [-0.25, -0.2) is 12.4 Å². The highest BCUT2D eigenvalue weighted by atomic mass is 79.9. The molecule has 5 nitrogen and oxygen atoms in total. The third kappa shape index (κ3) is 3.45. The molecule has 1 aliphatic rings. The van der Waals surface area contributed by atoms with Crippen molar-refractivity contribution in [3.8, 4) is 0 Å². The lowest BCUT2D eigenvalue weighted by Crippen LogP contribution is -2.44. The Kier molecular flexibility index (Phi) is 5.20. The van der Waals surface area contributed by atoms with Crippen LogP contribution < -0.4 is 4.90 Å². The average Bonchev–Trinajstić information content (AvgIpc) is 3.02. The summed E-state index contributed by atoms with van der Waals surface area (Å²) < 4.78 is 29.2. The normalized spacial score (nSPS) is 16.1. The second-order valence-electron chi connectivity index (χ2n) is 7.18. The first-order valence-corrected chi connectivity index (χ1v) is 11.6. The van der Waals surface area contributed by atoms with E-state index in [0.29, 0.717) is 10.5 Å². The van der Waals surface area contributed by atoms with Gasteiger partial charge in [0.25, 0.3) is 10.0 Å². The number of halogens is 2. The fourth-order valence-corrected chi connectivity index (χ4v) is 5.54. The summed E-state index contributed by atoms with van der Waals surface area (Å²) in [5, 5.41) is 1.32. The highest BCUT2D eigenvalue weighted by Gasteiger charge is 2.25. The summed E-state index contributed by atoms with van der Waals surface area (Å²) in [6.07, 6.45) is 1.75. The summed E-state index contributed by atoms with van der Waals surface area (Å²) in [6, 6.07) is 10.3. The molecule has 0 atom stereocenters. The smallest absolute Gasteiger partial charge is 0.268 e. The lowest BCUT2D eigenvalue weighted by Gasteiger charge is -2.33. The fourth-order valence-electron chi connectivity index (χ4n) is 3.54. The van der Waals surface area contributed by atoms with Crippen LogP contribution in [0.25, 0.3) is 10.9 Å². The first-order valence-electron chi connectivity index (χ1n) is 9.03. The molecule has 0 N–H and O–H groups in total. The zero-order chi connectivity index (χ0) is 20.1. The van der Waals surface area contributed by atoms with Gasteiger partial charge in [0.05, 0.1) is 16.1 Å². The Bertz CT molecular complexity index is 1150. The van der Waals surface area contributed by atoms with Crippen LogP contribution in [0.4, 0.5) is 5.69 Å². The van der Waals surface area contributed by atoms with Crippen LogP contribution in [0, 0.1) is 6.92 Å². The second kappa shape index (κ2) is 7.37. The van der Waals surface area contributed by atoms with Gasteiger partial charge in [0.2, 0.25) is 0 Å². The Labute approximate surface area is 178 Å². The summed E-state index contributed by atoms with van der Waals surface area (Å²) in [5.41, 5.74) is 2.60. The van der Waals surface area contributed by atoms with E-state index < -0.39 is 10.0 Å². The van der Waals surface area contributed by atoms with E-state index in [2.05, 4.69) is 32.8 Å². The van der Waals surface area contributed by atoms with Gasteiger partial charge in [-0.2, -0.15) is 0 Å². The van der Waals surface area contributed by atoms with Crippen molar-refractivity contribution >= 4 is 54.1 Å². The topological polar surface area (TPSA) is 45.5 Å². The van der Waals surface area contributed by atoms with Crippen molar-refractivity contribution in [2.75, 3.05) is 38.1 Å². The molecule has 0 aliphatic carbocycles. The number of aryl methyl sites for hydroxylation is 1. The third-order valence-electron chi connectivity index (χ3n) is 5.23. The summed E-state index contributed by atoms with van der Waals surface area (Å²) in [6.45, 7) is 5.57. The Morgan fingerprint density at radius 3 is 2.46 bits per heavy atom. The molecule has 1 fully saturated rings. The van der Waals surface area contributed by atoms with Gasteiger partial charge in [-0.1, -0.05) is 33.6 Å². The van der Waals surface area contributed by atoms with E-state index in [1.54, 1.807) is 24.4 Å². The third-order valence-corrected chi connectivity index (χ3v) is 7.99. The van der Waals surface area contributed by atoms with Crippen LogP contribution in [-0.4, -0.2) is 50.5 Å². The number of anilines is 1. The molecule has 0 saturated carbocycles. The predicted molar refractivity (Wildman–Crippen MR) is 118 cm³/mol.